The van der Waals surface area contributed by atoms with Crippen LogP contribution in [-0.4, -0.2) is 25.8 Å². The van der Waals surface area contributed by atoms with E-state index in [9.17, 15) is 4.79 Å². The van der Waals surface area contributed by atoms with Crippen LogP contribution >= 0.6 is 0 Å². The number of benzene rings is 1. The summed E-state index contributed by atoms with van der Waals surface area (Å²) in [6.07, 6.45) is 0.0218. The van der Waals surface area contributed by atoms with Gasteiger partial charge in [0, 0.05) is 0 Å². The first-order valence-electron chi connectivity index (χ1n) is 5.68. The molecule has 94 valence electrons. The second kappa shape index (κ2) is 6.78. The highest BCUT2D eigenvalue weighted by Gasteiger charge is 2.19. The second-order valence-corrected chi connectivity index (χ2v) is 3.44. The number of esters is 1. The van der Waals surface area contributed by atoms with Gasteiger partial charge in [-0.2, -0.15) is 0 Å². The maximum absolute atomic E-state index is 11.5. The van der Waals surface area contributed by atoms with Gasteiger partial charge in [-0.1, -0.05) is 6.92 Å². The van der Waals surface area contributed by atoms with Crippen LogP contribution in [0.2, 0.25) is 0 Å². The first-order valence-corrected chi connectivity index (χ1v) is 5.68. The van der Waals surface area contributed by atoms with Gasteiger partial charge in [0.25, 0.3) is 0 Å². The van der Waals surface area contributed by atoms with Crippen molar-refractivity contribution in [2.24, 2.45) is 0 Å². The van der Waals surface area contributed by atoms with E-state index in [1.807, 2.05) is 6.92 Å². The van der Waals surface area contributed by atoms with Gasteiger partial charge in [0.1, 0.15) is 11.5 Å². The van der Waals surface area contributed by atoms with Crippen molar-refractivity contribution in [2.75, 3.05) is 13.7 Å². The van der Waals surface area contributed by atoms with E-state index in [1.54, 1.807) is 38.3 Å². The average molecular weight is 238 g/mol. The Morgan fingerprint density at radius 1 is 1.18 bits per heavy atom. The average Bonchev–Trinajstić information content (AvgIpc) is 2.37. The van der Waals surface area contributed by atoms with Crippen molar-refractivity contribution < 1.29 is 19.0 Å². The molecule has 0 radical (unpaired) electrons. The zero-order valence-electron chi connectivity index (χ0n) is 10.4. The summed E-state index contributed by atoms with van der Waals surface area (Å²) >= 11 is 0. The first-order chi connectivity index (χ1) is 8.21. The minimum absolute atomic E-state index is 0.328. The van der Waals surface area contributed by atoms with Gasteiger partial charge in [0.15, 0.2) is 6.10 Å². The molecule has 1 unspecified atom stereocenters. The Labute approximate surface area is 101 Å². The highest BCUT2D eigenvalue weighted by atomic mass is 16.6. The second-order valence-electron chi connectivity index (χ2n) is 3.44. The third-order valence-electron chi connectivity index (χ3n) is 2.26. The maximum Gasteiger partial charge on any atom is 0.347 e. The summed E-state index contributed by atoms with van der Waals surface area (Å²) in [5, 5.41) is 0. The molecule has 0 amide bonds. The number of carbonyl (C=O) groups excluding carboxylic acids is 1. The van der Waals surface area contributed by atoms with Crippen molar-refractivity contribution in [1.29, 1.82) is 0 Å². The molecule has 0 heterocycles. The molecule has 1 aromatic rings. The lowest BCUT2D eigenvalue weighted by Gasteiger charge is -2.16. The van der Waals surface area contributed by atoms with Crippen LogP contribution < -0.4 is 9.47 Å². The summed E-state index contributed by atoms with van der Waals surface area (Å²) < 4.78 is 15.5. The highest BCUT2D eigenvalue weighted by molar-refractivity contribution is 5.75. The molecular formula is C13H18O4. The molecule has 0 aromatic heterocycles. The minimum Gasteiger partial charge on any atom is -0.497 e. The fourth-order valence-electron chi connectivity index (χ4n) is 1.35. The summed E-state index contributed by atoms with van der Waals surface area (Å²) in [6.45, 7) is 4.02. The van der Waals surface area contributed by atoms with Gasteiger partial charge in [-0.05, 0) is 37.6 Å². The van der Waals surface area contributed by atoms with E-state index >= 15 is 0 Å². The maximum atomic E-state index is 11.5. The fraction of sp³-hybridized carbons (Fsp3) is 0.462. The predicted octanol–water partition coefficient (Wildman–Crippen LogP) is 2.42. The topological polar surface area (TPSA) is 44.8 Å². The van der Waals surface area contributed by atoms with E-state index in [4.69, 9.17) is 14.2 Å². The predicted molar refractivity (Wildman–Crippen MR) is 64.3 cm³/mol. The van der Waals surface area contributed by atoms with Gasteiger partial charge < -0.3 is 14.2 Å². The normalized spacial score (nSPS) is 11.7. The Hall–Kier alpha value is -1.71. The van der Waals surface area contributed by atoms with Crippen molar-refractivity contribution >= 4 is 5.97 Å². The smallest absolute Gasteiger partial charge is 0.347 e. The van der Waals surface area contributed by atoms with E-state index in [0.29, 0.717) is 18.8 Å². The van der Waals surface area contributed by atoms with Crippen molar-refractivity contribution in [3.8, 4) is 11.5 Å². The summed E-state index contributed by atoms with van der Waals surface area (Å²) in [4.78, 5) is 11.5. The number of hydrogen-bond donors (Lipinski definition) is 0. The van der Waals surface area contributed by atoms with Gasteiger partial charge >= 0.3 is 5.97 Å². The number of rotatable bonds is 6. The molecule has 0 aliphatic carbocycles. The van der Waals surface area contributed by atoms with Crippen LogP contribution in [-0.2, 0) is 9.53 Å². The molecule has 0 saturated carbocycles. The Bertz CT molecular complexity index is 345. The molecule has 0 bridgehead atoms. The molecule has 0 fully saturated rings. The summed E-state index contributed by atoms with van der Waals surface area (Å²) in [6, 6.07) is 7.10. The molecule has 0 spiro atoms. The third-order valence-corrected chi connectivity index (χ3v) is 2.26. The van der Waals surface area contributed by atoms with E-state index in [0.717, 1.165) is 5.75 Å². The minimum atomic E-state index is -0.552. The molecule has 0 aliphatic rings. The summed E-state index contributed by atoms with van der Waals surface area (Å²) in [5.74, 6) is 1.05. The molecule has 17 heavy (non-hydrogen) atoms. The molecule has 1 aromatic carbocycles. The Balaban J connectivity index is 2.63. The molecule has 0 aliphatic heterocycles. The largest absolute Gasteiger partial charge is 0.497 e. The van der Waals surface area contributed by atoms with Crippen LogP contribution in [0.1, 0.15) is 20.3 Å². The zero-order chi connectivity index (χ0) is 12.7. The van der Waals surface area contributed by atoms with Crippen LogP contribution in [0.4, 0.5) is 0 Å². The van der Waals surface area contributed by atoms with Gasteiger partial charge in [0.05, 0.1) is 13.7 Å². The lowest BCUT2D eigenvalue weighted by Crippen LogP contribution is -2.28. The number of hydrogen-bond acceptors (Lipinski definition) is 4. The van der Waals surface area contributed by atoms with Crippen molar-refractivity contribution in [3.05, 3.63) is 24.3 Å². The third kappa shape index (κ3) is 3.98. The molecule has 4 nitrogen and oxygen atoms in total. The Morgan fingerprint density at radius 2 is 1.76 bits per heavy atom. The lowest BCUT2D eigenvalue weighted by atomic mass is 10.2. The van der Waals surface area contributed by atoms with Crippen molar-refractivity contribution in [1.82, 2.24) is 0 Å². The summed E-state index contributed by atoms with van der Waals surface area (Å²) in [5.41, 5.74) is 0. The quantitative estimate of drug-likeness (QED) is 0.714. The molecule has 1 rings (SSSR count). The van der Waals surface area contributed by atoms with Crippen molar-refractivity contribution in [2.45, 2.75) is 26.4 Å². The molecule has 1 atom stereocenters. The van der Waals surface area contributed by atoms with Gasteiger partial charge in [-0.25, -0.2) is 4.79 Å². The molecular weight excluding hydrogens is 220 g/mol. The Morgan fingerprint density at radius 3 is 2.24 bits per heavy atom. The highest BCUT2D eigenvalue weighted by Crippen LogP contribution is 2.19. The number of carbonyl (C=O) groups is 1. The van der Waals surface area contributed by atoms with E-state index in [2.05, 4.69) is 0 Å². The van der Waals surface area contributed by atoms with Gasteiger partial charge in [-0.15, -0.1) is 0 Å². The summed E-state index contributed by atoms with van der Waals surface area (Å²) in [7, 11) is 1.60. The standard InChI is InChI=1S/C13H18O4/c1-4-12(13(14)16-5-2)17-11-8-6-10(15-3)7-9-11/h6-9,12H,4-5H2,1-3H3. The molecule has 0 N–H and O–H groups in total. The van der Waals surface area contributed by atoms with Gasteiger partial charge in [0.2, 0.25) is 0 Å². The fourth-order valence-corrected chi connectivity index (χ4v) is 1.35. The molecule has 0 saturated heterocycles. The number of ether oxygens (including phenoxy) is 3. The monoisotopic (exact) mass is 238 g/mol. The van der Waals surface area contributed by atoms with Crippen molar-refractivity contribution in [3.63, 3.8) is 0 Å². The Kier molecular flexibility index (Phi) is 5.33. The zero-order valence-corrected chi connectivity index (χ0v) is 10.4. The number of methoxy groups -OCH3 is 1. The van der Waals surface area contributed by atoms with Gasteiger partial charge in [-0.3, -0.25) is 0 Å². The lowest BCUT2D eigenvalue weighted by molar-refractivity contribution is -0.151. The van der Waals surface area contributed by atoms with Crippen LogP contribution in [0.3, 0.4) is 0 Å². The molecule has 4 heteroatoms. The van der Waals surface area contributed by atoms with Crippen LogP contribution in [0.25, 0.3) is 0 Å². The first kappa shape index (κ1) is 13.4. The SMILES string of the molecule is CCOC(=O)C(CC)Oc1ccc(OC)cc1. The van der Waals surface area contributed by atoms with Crippen LogP contribution in [0.5, 0.6) is 11.5 Å². The van der Waals surface area contributed by atoms with Crippen LogP contribution in [0, 0.1) is 0 Å². The van der Waals surface area contributed by atoms with E-state index in [1.165, 1.54) is 0 Å². The van der Waals surface area contributed by atoms with E-state index < -0.39 is 6.10 Å². The van der Waals surface area contributed by atoms with E-state index in [-0.39, 0.29) is 5.97 Å². The van der Waals surface area contributed by atoms with Crippen LogP contribution in [0.15, 0.2) is 24.3 Å².